The molecule has 27 heavy (non-hydrogen) atoms. The van der Waals surface area contributed by atoms with Crippen molar-refractivity contribution in [1.29, 1.82) is 0 Å². The van der Waals surface area contributed by atoms with Crippen LogP contribution in [-0.4, -0.2) is 67.1 Å². The maximum atomic E-state index is 13.0. The molecule has 1 unspecified atom stereocenters. The van der Waals surface area contributed by atoms with Crippen LogP contribution in [-0.2, 0) is 10.0 Å². The lowest BCUT2D eigenvalue weighted by atomic mass is 10.1. The van der Waals surface area contributed by atoms with E-state index in [1.807, 2.05) is 0 Å². The van der Waals surface area contributed by atoms with E-state index in [1.54, 1.807) is 11.0 Å². The zero-order valence-corrected chi connectivity index (χ0v) is 17.1. The topological polar surface area (TPSA) is 90.0 Å². The van der Waals surface area contributed by atoms with Crippen molar-refractivity contribution >= 4 is 39.3 Å². The Balaban J connectivity index is 1.68. The minimum absolute atomic E-state index is 0.0838. The summed E-state index contributed by atoms with van der Waals surface area (Å²) in [5.41, 5.74) is 0. The van der Waals surface area contributed by atoms with Crippen molar-refractivity contribution in [3.63, 3.8) is 0 Å². The van der Waals surface area contributed by atoms with Crippen LogP contribution in [0.15, 0.2) is 23.1 Å². The first-order valence-electron chi connectivity index (χ1n) is 8.96. The number of nitrogens with one attached hydrogen (secondary N) is 1. The number of nitrogens with zero attached hydrogens (tertiary/aromatic N) is 2. The number of rotatable bonds is 3. The van der Waals surface area contributed by atoms with Gasteiger partial charge in [0, 0.05) is 32.2 Å². The molecule has 0 aliphatic carbocycles. The van der Waals surface area contributed by atoms with Gasteiger partial charge in [-0.25, -0.2) is 13.2 Å². The van der Waals surface area contributed by atoms with Gasteiger partial charge in [-0.2, -0.15) is 4.31 Å². The number of likely N-dealkylation sites (tertiary alicyclic amines) is 1. The first-order chi connectivity index (χ1) is 12.8. The van der Waals surface area contributed by atoms with E-state index in [-0.39, 0.29) is 39.7 Å². The Morgan fingerprint density at radius 1 is 1.11 bits per heavy atom. The van der Waals surface area contributed by atoms with E-state index in [9.17, 15) is 18.3 Å². The third-order valence-corrected chi connectivity index (χ3v) is 7.80. The van der Waals surface area contributed by atoms with Gasteiger partial charge >= 0.3 is 6.03 Å². The number of aliphatic hydroxyl groups excluding tert-OH is 1. The van der Waals surface area contributed by atoms with E-state index < -0.39 is 10.0 Å². The molecule has 2 fully saturated rings. The molecule has 7 nitrogen and oxygen atoms in total. The number of hydrogen-bond donors (Lipinski definition) is 2. The molecule has 3 rings (SSSR count). The molecule has 0 radical (unpaired) electrons. The lowest BCUT2D eigenvalue weighted by Gasteiger charge is -2.35. The Labute approximate surface area is 169 Å². The number of benzene rings is 1. The molecule has 2 amide bonds. The van der Waals surface area contributed by atoms with Crippen molar-refractivity contribution in [2.24, 2.45) is 0 Å². The number of sulfonamides is 1. The summed E-state index contributed by atoms with van der Waals surface area (Å²) in [4.78, 5) is 14.0. The molecular formula is C17H23Cl2N3O4S. The van der Waals surface area contributed by atoms with Crippen molar-refractivity contribution < 1.29 is 18.3 Å². The zero-order valence-electron chi connectivity index (χ0n) is 14.8. The Morgan fingerprint density at radius 3 is 2.37 bits per heavy atom. The smallest absolute Gasteiger partial charge is 0.317 e. The fraction of sp³-hybridized carbons (Fsp3) is 0.588. The van der Waals surface area contributed by atoms with Crippen LogP contribution < -0.4 is 5.32 Å². The highest BCUT2D eigenvalue weighted by molar-refractivity contribution is 7.89. The third kappa shape index (κ3) is 4.68. The Hall–Kier alpha value is -1.06. The van der Waals surface area contributed by atoms with Crippen LogP contribution in [0, 0.1) is 0 Å². The van der Waals surface area contributed by atoms with Crippen molar-refractivity contribution in [3.8, 4) is 0 Å². The predicted molar refractivity (Wildman–Crippen MR) is 104 cm³/mol. The highest BCUT2D eigenvalue weighted by Crippen LogP contribution is 2.32. The third-order valence-electron chi connectivity index (χ3n) is 4.98. The van der Waals surface area contributed by atoms with Gasteiger partial charge < -0.3 is 15.3 Å². The van der Waals surface area contributed by atoms with Gasteiger partial charge in [0.1, 0.15) is 4.90 Å². The normalized spacial score (nSPS) is 22.6. The molecule has 1 atom stereocenters. The van der Waals surface area contributed by atoms with Crippen molar-refractivity contribution in [1.82, 2.24) is 14.5 Å². The van der Waals surface area contributed by atoms with Crippen molar-refractivity contribution in [2.45, 2.75) is 42.7 Å². The molecule has 0 saturated carbocycles. The monoisotopic (exact) mass is 435 g/mol. The summed E-state index contributed by atoms with van der Waals surface area (Å²) in [6.07, 6.45) is 2.09. The largest absolute Gasteiger partial charge is 0.393 e. The average Bonchev–Trinajstić information content (AvgIpc) is 2.62. The molecule has 1 aromatic rings. The maximum absolute atomic E-state index is 13.0. The second-order valence-electron chi connectivity index (χ2n) is 6.92. The molecular weight excluding hydrogens is 413 g/mol. The fourth-order valence-electron chi connectivity index (χ4n) is 3.47. The minimum atomic E-state index is -3.85. The number of urea groups is 1. The molecule has 0 bridgehead atoms. The molecule has 2 heterocycles. The molecule has 0 aromatic heterocycles. The summed E-state index contributed by atoms with van der Waals surface area (Å²) in [5, 5.41) is 12.6. The summed E-state index contributed by atoms with van der Waals surface area (Å²) in [7, 11) is -3.85. The quantitative estimate of drug-likeness (QED) is 0.761. The van der Waals surface area contributed by atoms with Gasteiger partial charge in [0.05, 0.1) is 16.1 Å². The Morgan fingerprint density at radius 2 is 1.74 bits per heavy atom. The first-order valence-corrected chi connectivity index (χ1v) is 11.2. The van der Waals surface area contributed by atoms with E-state index in [0.717, 1.165) is 0 Å². The predicted octanol–water partition coefficient (Wildman–Crippen LogP) is 2.31. The highest BCUT2D eigenvalue weighted by atomic mass is 35.5. The van der Waals surface area contributed by atoms with Crippen LogP contribution in [0.4, 0.5) is 4.79 Å². The molecule has 0 spiro atoms. The van der Waals surface area contributed by atoms with E-state index in [4.69, 9.17) is 23.2 Å². The highest BCUT2D eigenvalue weighted by Gasteiger charge is 2.34. The van der Waals surface area contributed by atoms with Crippen LogP contribution in [0.1, 0.15) is 25.7 Å². The number of carbonyl (C=O) groups excluding carboxylic acids is 1. The number of amides is 2. The lowest BCUT2D eigenvalue weighted by molar-refractivity contribution is 0.0920. The van der Waals surface area contributed by atoms with Crippen LogP contribution in [0.5, 0.6) is 0 Å². The van der Waals surface area contributed by atoms with Gasteiger partial charge in [0.15, 0.2) is 0 Å². The minimum Gasteiger partial charge on any atom is -0.393 e. The van der Waals surface area contributed by atoms with E-state index in [1.165, 1.54) is 16.4 Å². The SMILES string of the molecule is O=C(NC1CCCN(S(=O)(=O)c2c(Cl)cccc2Cl)C1)N1CCC(O)CC1. The first kappa shape index (κ1) is 20.7. The molecule has 2 aliphatic rings. The summed E-state index contributed by atoms with van der Waals surface area (Å²) >= 11 is 12.2. The van der Waals surface area contributed by atoms with Crippen LogP contribution >= 0.6 is 23.2 Å². The van der Waals surface area contributed by atoms with Crippen LogP contribution in [0.2, 0.25) is 10.0 Å². The summed E-state index contributed by atoms with van der Waals surface area (Å²) in [5.74, 6) is 0. The zero-order chi connectivity index (χ0) is 19.6. The van der Waals surface area contributed by atoms with E-state index in [2.05, 4.69) is 5.32 Å². The van der Waals surface area contributed by atoms with Crippen molar-refractivity contribution in [2.75, 3.05) is 26.2 Å². The number of piperidine rings is 2. The molecule has 2 N–H and O–H groups in total. The van der Waals surface area contributed by atoms with Gasteiger partial charge in [-0.3, -0.25) is 0 Å². The van der Waals surface area contributed by atoms with Gasteiger partial charge in [-0.1, -0.05) is 29.3 Å². The van der Waals surface area contributed by atoms with E-state index in [0.29, 0.717) is 45.3 Å². The number of hydrogen-bond acceptors (Lipinski definition) is 4. The second-order valence-corrected chi connectivity index (χ2v) is 9.61. The van der Waals surface area contributed by atoms with Crippen LogP contribution in [0.25, 0.3) is 0 Å². The van der Waals surface area contributed by atoms with Gasteiger partial charge in [-0.15, -0.1) is 0 Å². The Kier molecular flexibility index (Phi) is 6.53. The lowest BCUT2D eigenvalue weighted by Crippen LogP contribution is -2.54. The van der Waals surface area contributed by atoms with E-state index >= 15 is 0 Å². The Bertz CT molecular complexity index is 777. The average molecular weight is 436 g/mol. The van der Waals surface area contributed by atoms with Crippen molar-refractivity contribution in [3.05, 3.63) is 28.2 Å². The second kappa shape index (κ2) is 8.53. The molecule has 1 aromatic carbocycles. The maximum Gasteiger partial charge on any atom is 0.317 e. The molecule has 10 heteroatoms. The fourth-order valence-corrected chi connectivity index (χ4v) is 6.09. The van der Waals surface area contributed by atoms with Gasteiger partial charge in [0.2, 0.25) is 10.0 Å². The molecule has 150 valence electrons. The molecule has 2 aliphatic heterocycles. The number of halogens is 2. The number of aliphatic hydroxyl groups is 1. The molecule has 2 saturated heterocycles. The number of carbonyl (C=O) groups is 1. The van der Waals surface area contributed by atoms with Gasteiger partial charge in [-0.05, 0) is 37.8 Å². The van der Waals surface area contributed by atoms with Gasteiger partial charge in [0.25, 0.3) is 0 Å². The summed E-state index contributed by atoms with van der Waals surface area (Å²) in [6.45, 7) is 1.52. The standard InChI is InChI=1S/C17H23Cl2N3O4S/c18-14-4-1-5-15(19)16(14)27(25,26)22-8-2-3-12(11-22)20-17(24)21-9-6-13(23)7-10-21/h1,4-5,12-13,23H,2-3,6-11H2,(H,20,24). The summed E-state index contributed by atoms with van der Waals surface area (Å²) < 4.78 is 27.3. The van der Waals surface area contributed by atoms with Crippen LogP contribution in [0.3, 0.4) is 0 Å². The summed E-state index contributed by atoms with van der Waals surface area (Å²) in [6, 6.07) is 4.08.